The second-order valence-electron chi connectivity index (χ2n) is 4.99. The second kappa shape index (κ2) is 6.91. The second-order valence-corrected chi connectivity index (χ2v) is 4.99. The van der Waals surface area contributed by atoms with E-state index in [1.54, 1.807) is 6.92 Å². The van der Waals surface area contributed by atoms with Crippen molar-refractivity contribution in [1.82, 2.24) is 15.1 Å². The van der Waals surface area contributed by atoms with Crippen molar-refractivity contribution in [2.24, 2.45) is 0 Å². The lowest BCUT2D eigenvalue weighted by atomic mass is 10.2. The number of aryl methyl sites for hydroxylation is 1. The Labute approximate surface area is 131 Å². The van der Waals surface area contributed by atoms with Gasteiger partial charge in [0.05, 0.1) is 11.9 Å². The van der Waals surface area contributed by atoms with Crippen molar-refractivity contribution in [3.8, 4) is 11.4 Å². The summed E-state index contributed by atoms with van der Waals surface area (Å²) in [4.78, 5) is 22.3. The maximum absolute atomic E-state index is 13.1. The minimum absolute atomic E-state index is 0.0600. The van der Waals surface area contributed by atoms with Gasteiger partial charge in [0.25, 0.3) is 5.91 Å². The number of carbonyl (C=O) groups excluding carboxylic acids is 1. The van der Waals surface area contributed by atoms with Crippen molar-refractivity contribution in [3.05, 3.63) is 41.5 Å². The molecule has 0 saturated heterocycles. The number of hydrogen-bond donors (Lipinski definition) is 3. The van der Waals surface area contributed by atoms with Crippen LogP contribution in [0.1, 0.15) is 28.9 Å². The molecule has 1 aromatic heterocycles. The van der Waals surface area contributed by atoms with E-state index in [2.05, 4.69) is 10.4 Å². The van der Waals surface area contributed by atoms with Gasteiger partial charge in [-0.15, -0.1) is 0 Å². The van der Waals surface area contributed by atoms with Crippen LogP contribution in [-0.2, 0) is 4.79 Å². The van der Waals surface area contributed by atoms with Crippen LogP contribution in [0.4, 0.5) is 4.39 Å². The summed E-state index contributed by atoms with van der Waals surface area (Å²) in [6.45, 7) is 1.84. The zero-order chi connectivity index (χ0) is 17.0. The summed E-state index contributed by atoms with van der Waals surface area (Å²) >= 11 is 0. The number of nitrogens with zero attached hydrogens (tertiary/aromatic N) is 2. The fourth-order valence-corrected chi connectivity index (χ4v) is 2.05. The first-order valence-electron chi connectivity index (χ1n) is 6.93. The maximum atomic E-state index is 13.1. The van der Waals surface area contributed by atoms with Gasteiger partial charge in [0.1, 0.15) is 5.82 Å². The van der Waals surface area contributed by atoms with Crippen molar-refractivity contribution in [2.45, 2.75) is 19.8 Å². The van der Waals surface area contributed by atoms with Crippen molar-refractivity contribution in [1.29, 1.82) is 0 Å². The van der Waals surface area contributed by atoms with Crippen LogP contribution in [0.5, 0.6) is 5.75 Å². The van der Waals surface area contributed by atoms with E-state index in [-0.39, 0.29) is 36.6 Å². The van der Waals surface area contributed by atoms with Crippen molar-refractivity contribution in [2.75, 3.05) is 6.54 Å². The number of aliphatic carboxylic acids is 1. The summed E-state index contributed by atoms with van der Waals surface area (Å²) in [5, 5.41) is 24.8. The molecule has 0 unspecified atom stereocenters. The van der Waals surface area contributed by atoms with Gasteiger partial charge in [-0.1, -0.05) is 0 Å². The molecule has 1 amide bonds. The molecular weight excluding hydrogens is 305 g/mol. The van der Waals surface area contributed by atoms with Crippen LogP contribution >= 0.6 is 0 Å². The molecule has 2 rings (SSSR count). The summed E-state index contributed by atoms with van der Waals surface area (Å²) in [6, 6.07) is 4.07. The Balaban J connectivity index is 2.11. The van der Waals surface area contributed by atoms with Gasteiger partial charge >= 0.3 is 5.97 Å². The first-order chi connectivity index (χ1) is 10.9. The summed E-state index contributed by atoms with van der Waals surface area (Å²) < 4.78 is 14.4. The normalized spacial score (nSPS) is 10.5. The molecule has 0 fully saturated rings. The molecule has 122 valence electrons. The maximum Gasteiger partial charge on any atom is 0.303 e. The number of hydrogen-bond acceptors (Lipinski definition) is 4. The lowest BCUT2D eigenvalue weighted by molar-refractivity contribution is -0.137. The molecular formula is C15H16FN3O4. The molecule has 2 aromatic rings. The summed E-state index contributed by atoms with van der Waals surface area (Å²) in [6.07, 6.45) is 1.47. The van der Waals surface area contributed by atoms with E-state index in [1.807, 2.05) is 0 Å². The van der Waals surface area contributed by atoms with Gasteiger partial charge in [-0.05, 0) is 37.1 Å². The van der Waals surface area contributed by atoms with Crippen LogP contribution in [0, 0.1) is 12.7 Å². The average Bonchev–Trinajstić information content (AvgIpc) is 2.85. The summed E-state index contributed by atoms with van der Waals surface area (Å²) in [5.74, 6) is -2.26. The molecule has 23 heavy (non-hydrogen) atoms. The Morgan fingerprint density at radius 1 is 1.39 bits per heavy atom. The highest BCUT2D eigenvalue weighted by molar-refractivity contribution is 5.94. The van der Waals surface area contributed by atoms with E-state index in [1.165, 1.54) is 29.1 Å². The standard InChI is InChI=1S/C15H16FN3O4/c1-9-7-10(16)4-5-11(9)19-8-12(20)14(18-19)15(23)17-6-2-3-13(21)22/h4-5,7-8,20H,2-3,6H2,1H3,(H,17,23)(H,21,22). The van der Waals surface area contributed by atoms with Gasteiger partial charge in [0.2, 0.25) is 0 Å². The topological polar surface area (TPSA) is 104 Å². The van der Waals surface area contributed by atoms with E-state index in [9.17, 15) is 19.1 Å². The fourth-order valence-electron chi connectivity index (χ4n) is 2.05. The molecule has 3 N–H and O–H groups in total. The SMILES string of the molecule is Cc1cc(F)ccc1-n1cc(O)c(C(=O)NCCCC(=O)O)n1. The summed E-state index contributed by atoms with van der Waals surface area (Å²) in [7, 11) is 0. The molecule has 0 bridgehead atoms. The molecule has 0 spiro atoms. The zero-order valence-corrected chi connectivity index (χ0v) is 12.4. The number of carboxylic acids is 1. The third-order valence-corrected chi connectivity index (χ3v) is 3.17. The van der Waals surface area contributed by atoms with E-state index < -0.39 is 11.9 Å². The Morgan fingerprint density at radius 3 is 2.78 bits per heavy atom. The molecule has 7 nitrogen and oxygen atoms in total. The molecule has 0 aliphatic rings. The average molecular weight is 321 g/mol. The Bertz CT molecular complexity index is 742. The van der Waals surface area contributed by atoms with E-state index in [0.29, 0.717) is 11.3 Å². The van der Waals surface area contributed by atoms with Crippen LogP contribution in [-0.4, -0.2) is 38.4 Å². The minimum Gasteiger partial charge on any atom is -0.504 e. The van der Waals surface area contributed by atoms with Gasteiger partial charge in [0.15, 0.2) is 11.4 Å². The quantitative estimate of drug-likeness (QED) is 0.701. The highest BCUT2D eigenvalue weighted by Crippen LogP contribution is 2.20. The molecule has 0 aliphatic heterocycles. The van der Waals surface area contributed by atoms with Gasteiger partial charge < -0.3 is 15.5 Å². The van der Waals surface area contributed by atoms with Gasteiger partial charge in [-0.2, -0.15) is 5.10 Å². The molecule has 1 heterocycles. The highest BCUT2D eigenvalue weighted by atomic mass is 19.1. The van der Waals surface area contributed by atoms with Crippen LogP contribution in [0.2, 0.25) is 0 Å². The Hall–Kier alpha value is -2.90. The fraction of sp³-hybridized carbons (Fsp3) is 0.267. The molecule has 1 aromatic carbocycles. The van der Waals surface area contributed by atoms with E-state index >= 15 is 0 Å². The monoisotopic (exact) mass is 321 g/mol. The molecule has 0 atom stereocenters. The minimum atomic E-state index is -0.946. The number of carbonyl (C=O) groups is 2. The van der Waals surface area contributed by atoms with E-state index in [4.69, 9.17) is 5.11 Å². The molecule has 0 aliphatic carbocycles. The van der Waals surface area contributed by atoms with E-state index in [0.717, 1.165) is 0 Å². The Kier molecular flexibility index (Phi) is 4.95. The Morgan fingerprint density at radius 2 is 2.13 bits per heavy atom. The number of aromatic hydroxyl groups is 1. The lowest BCUT2D eigenvalue weighted by Crippen LogP contribution is -2.25. The first-order valence-corrected chi connectivity index (χ1v) is 6.93. The molecule has 8 heteroatoms. The first kappa shape index (κ1) is 16.5. The zero-order valence-electron chi connectivity index (χ0n) is 12.4. The third kappa shape index (κ3) is 4.06. The van der Waals surface area contributed by atoms with Crippen LogP contribution in [0.3, 0.4) is 0 Å². The molecule has 0 saturated carbocycles. The predicted octanol–water partition coefficient (Wildman–Crippen LogP) is 1.62. The number of carboxylic acid groups (broad SMARTS) is 1. The number of aromatic nitrogens is 2. The van der Waals surface area contributed by atoms with Crippen molar-refractivity contribution >= 4 is 11.9 Å². The largest absolute Gasteiger partial charge is 0.504 e. The number of halogens is 1. The number of nitrogens with one attached hydrogen (secondary N) is 1. The summed E-state index contributed by atoms with van der Waals surface area (Å²) in [5.41, 5.74) is 0.955. The van der Waals surface area contributed by atoms with Gasteiger partial charge in [-0.3, -0.25) is 9.59 Å². The molecule has 0 radical (unpaired) electrons. The van der Waals surface area contributed by atoms with Gasteiger partial charge in [-0.25, -0.2) is 9.07 Å². The lowest BCUT2D eigenvalue weighted by Gasteiger charge is -2.05. The van der Waals surface area contributed by atoms with Crippen LogP contribution in [0.15, 0.2) is 24.4 Å². The van der Waals surface area contributed by atoms with Crippen molar-refractivity contribution < 1.29 is 24.2 Å². The number of rotatable bonds is 6. The number of benzene rings is 1. The smallest absolute Gasteiger partial charge is 0.303 e. The van der Waals surface area contributed by atoms with Crippen molar-refractivity contribution in [3.63, 3.8) is 0 Å². The van der Waals surface area contributed by atoms with Gasteiger partial charge in [0, 0.05) is 13.0 Å². The highest BCUT2D eigenvalue weighted by Gasteiger charge is 2.17. The third-order valence-electron chi connectivity index (χ3n) is 3.17. The predicted molar refractivity (Wildman–Crippen MR) is 79.1 cm³/mol. The van der Waals surface area contributed by atoms with Crippen LogP contribution in [0.25, 0.3) is 5.69 Å². The number of amides is 1. The van der Waals surface area contributed by atoms with Crippen LogP contribution < -0.4 is 5.32 Å².